The fourth-order valence-electron chi connectivity index (χ4n) is 3.63. The van der Waals surface area contributed by atoms with E-state index in [9.17, 15) is 13.2 Å². The van der Waals surface area contributed by atoms with Gasteiger partial charge in [0.2, 0.25) is 5.91 Å². The minimum absolute atomic E-state index is 0.0632. The number of amidine groups is 1. The number of carbonyl (C=O) groups is 1. The lowest BCUT2D eigenvalue weighted by Gasteiger charge is -2.32. The van der Waals surface area contributed by atoms with Gasteiger partial charge in [0.15, 0.2) is 5.84 Å². The van der Waals surface area contributed by atoms with Crippen LogP contribution in [0.2, 0.25) is 5.02 Å². The Morgan fingerprint density at radius 1 is 1.18 bits per heavy atom. The number of carbonyl (C=O) groups excluding carboxylic acids is 1. The number of anilines is 1. The zero-order chi connectivity index (χ0) is 19.9. The van der Waals surface area contributed by atoms with Gasteiger partial charge in [0.25, 0.3) is 10.0 Å². The lowest BCUT2D eigenvalue weighted by Crippen LogP contribution is -2.41. The molecule has 0 bridgehead atoms. The van der Waals surface area contributed by atoms with Crippen LogP contribution in [0.1, 0.15) is 24.0 Å². The van der Waals surface area contributed by atoms with E-state index >= 15 is 0 Å². The van der Waals surface area contributed by atoms with E-state index in [1.165, 1.54) is 0 Å². The van der Waals surface area contributed by atoms with Crippen LogP contribution < -0.4 is 5.32 Å². The molecule has 1 N–H and O–H groups in total. The number of nitrogens with one attached hydrogen (secondary N) is 1. The number of piperidine rings is 1. The van der Waals surface area contributed by atoms with Crippen molar-refractivity contribution in [1.82, 2.24) is 4.90 Å². The SMILES string of the molecule is Cc1ccc(NC(=O)C2CCN(C3=NS(=O)(=O)c4ccccc43)CC2)c(Cl)c1. The van der Waals surface area contributed by atoms with E-state index in [2.05, 4.69) is 9.71 Å². The molecule has 1 saturated heterocycles. The molecule has 0 atom stereocenters. The predicted octanol–water partition coefficient (Wildman–Crippen LogP) is 3.45. The zero-order valence-electron chi connectivity index (χ0n) is 15.4. The van der Waals surface area contributed by atoms with Crippen LogP contribution in [0.5, 0.6) is 0 Å². The molecule has 2 aliphatic rings. The monoisotopic (exact) mass is 417 g/mol. The third-order valence-electron chi connectivity index (χ3n) is 5.16. The summed E-state index contributed by atoms with van der Waals surface area (Å²) >= 11 is 6.20. The third-order valence-corrected chi connectivity index (χ3v) is 6.80. The van der Waals surface area contributed by atoms with Gasteiger partial charge >= 0.3 is 0 Å². The molecular weight excluding hydrogens is 398 g/mol. The van der Waals surface area contributed by atoms with E-state index in [1.54, 1.807) is 30.3 Å². The van der Waals surface area contributed by atoms with Crippen molar-refractivity contribution in [2.24, 2.45) is 10.3 Å². The Morgan fingerprint density at radius 2 is 1.89 bits per heavy atom. The van der Waals surface area contributed by atoms with Gasteiger partial charge in [-0.2, -0.15) is 8.42 Å². The van der Waals surface area contributed by atoms with Crippen LogP contribution in [0.4, 0.5) is 5.69 Å². The van der Waals surface area contributed by atoms with Crippen molar-refractivity contribution in [1.29, 1.82) is 0 Å². The van der Waals surface area contributed by atoms with E-state index in [0.717, 1.165) is 5.56 Å². The third kappa shape index (κ3) is 3.52. The summed E-state index contributed by atoms with van der Waals surface area (Å²) < 4.78 is 28.5. The number of fused-ring (bicyclic) bond motifs is 1. The van der Waals surface area contributed by atoms with E-state index in [-0.39, 0.29) is 16.7 Å². The Kier molecular flexibility index (Phi) is 4.89. The first kappa shape index (κ1) is 19.0. The fourth-order valence-corrected chi connectivity index (χ4v) is 5.14. The van der Waals surface area contributed by atoms with Crippen LogP contribution in [0, 0.1) is 12.8 Å². The molecule has 2 aromatic rings. The highest BCUT2D eigenvalue weighted by atomic mass is 35.5. The molecule has 0 aliphatic carbocycles. The fraction of sp³-hybridized carbons (Fsp3) is 0.300. The molecule has 0 radical (unpaired) electrons. The summed E-state index contributed by atoms with van der Waals surface area (Å²) in [5, 5.41) is 3.43. The van der Waals surface area contributed by atoms with Gasteiger partial charge in [-0.1, -0.05) is 29.8 Å². The Morgan fingerprint density at radius 3 is 2.61 bits per heavy atom. The van der Waals surface area contributed by atoms with Crippen molar-refractivity contribution in [3.05, 3.63) is 58.6 Å². The summed E-state index contributed by atoms with van der Waals surface area (Å²) in [5.74, 6) is 0.269. The number of amides is 1. The summed E-state index contributed by atoms with van der Waals surface area (Å²) in [7, 11) is -3.63. The molecule has 146 valence electrons. The Balaban J connectivity index is 1.43. The van der Waals surface area contributed by atoms with Gasteiger partial charge in [-0.15, -0.1) is 4.40 Å². The summed E-state index contributed by atoms with van der Waals surface area (Å²) in [4.78, 5) is 14.8. The van der Waals surface area contributed by atoms with Gasteiger partial charge in [-0.05, 0) is 49.6 Å². The average Bonchev–Trinajstić information content (AvgIpc) is 2.96. The van der Waals surface area contributed by atoms with Gasteiger partial charge in [-0.25, -0.2) is 0 Å². The largest absolute Gasteiger partial charge is 0.355 e. The molecule has 2 aliphatic heterocycles. The van der Waals surface area contributed by atoms with E-state index < -0.39 is 10.0 Å². The van der Waals surface area contributed by atoms with Crippen LogP contribution in [0.25, 0.3) is 0 Å². The number of benzene rings is 2. The van der Waals surface area contributed by atoms with Crippen LogP contribution >= 0.6 is 11.6 Å². The zero-order valence-corrected chi connectivity index (χ0v) is 16.9. The van der Waals surface area contributed by atoms with Crippen molar-refractivity contribution in [3.63, 3.8) is 0 Å². The number of likely N-dealkylation sites (tertiary alicyclic amines) is 1. The van der Waals surface area contributed by atoms with Gasteiger partial charge in [0.1, 0.15) is 4.90 Å². The van der Waals surface area contributed by atoms with Gasteiger partial charge in [0, 0.05) is 24.6 Å². The highest BCUT2D eigenvalue weighted by Crippen LogP contribution is 2.30. The van der Waals surface area contributed by atoms with Crippen molar-refractivity contribution in [3.8, 4) is 0 Å². The van der Waals surface area contributed by atoms with Crippen LogP contribution in [0.15, 0.2) is 51.8 Å². The van der Waals surface area contributed by atoms with Gasteiger partial charge in [0.05, 0.1) is 10.7 Å². The van der Waals surface area contributed by atoms with Crippen molar-refractivity contribution in [2.45, 2.75) is 24.7 Å². The second kappa shape index (κ2) is 7.22. The maximum absolute atomic E-state index is 12.6. The Bertz CT molecular complexity index is 1070. The smallest absolute Gasteiger partial charge is 0.285 e. The minimum atomic E-state index is -3.63. The lowest BCUT2D eigenvalue weighted by atomic mass is 9.95. The van der Waals surface area contributed by atoms with Crippen molar-refractivity contribution in [2.75, 3.05) is 18.4 Å². The standard InChI is InChI=1S/C20H20ClN3O3S/c1-13-6-7-17(16(21)12-13)22-20(25)14-8-10-24(11-9-14)19-15-4-2-3-5-18(15)28(26,27)23-19/h2-7,12,14H,8-11H2,1H3,(H,22,25). The van der Waals surface area contributed by atoms with E-state index in [1.807, 2.05) is 24.0 Å². The molecule has 1 fully saturated rings. The predicted molar refractivity (Wildman–Crippen MR) is 109 cm³/mol. The van der Waals surface area contributed by atoms with Gasteiger partial charge < -0.3 is 10.2 Å². The number of halogens is 1. The topological polar surface area (TPSA) is 78.8 Å². The van der Waals surface area contributed by atoms with Gasteiger partial charge in [-0.3, -0.25) is 4.79 Å². The number of nitrogens with zero attached hydrogens (tertiary/aromatic N) is 2. The van der Waals surface area contributed by atoms with Crippen molar-refractivity contribution < 1.29 is 13.2 Å². The summed E-state index contributed by atoms with van der Waals surface area (Å²) in [5.41, 5.74) is 2.28. The first-order valence-corrected chi connectivity index (χ1v) is 10.9. The molecule has 4 rings (SSSR count). The number of aryl methyl sites for hydroxylation is 1. The first-order valence-electron chi connectivity index (χ1n) is 9.11. The molecular formula is C20H20ClN3O3S. The lowest BCUT2D eigenvalue weighted by molar-refractivity contribution is -0.120. The minimum Gasteiger partial charge on any atom is -0.355 e. The Hall–Kier alpha value is -2.38. The second-order valence-electron chi connectivity index (χ2n) is 7.12. The molecule has 28 heavy (non-hydrogen) atoms. The van der Waals surface area contributed by atoms with Crippen LogP contribution in [0.3, 0.4) is 0 Å². The number of rotatable bonds is 2. The maximum atomic E-state index is 12.6. The second-order valence-corrected chi connectivity index (χ2v) is 9.10. The van der Waals surface area contributed by atoms with Crippen molar-refractivity contribution >= 4 is 39.1 Å². The van der Waals surface area contributed by atoms with Crippen LogP contribution in [-0.2, 0) is 14.8 Å². The quantitative estimate of drug-likeness (QED) is 0.811. The number of hydrogen-bond donors (Lipinski definition) is 1. The van der Waals surface area contributed by atoms with E-state index in [0.29, 0.717) is 48.0 Å². The molecule has 6 nitrogen and oxygen atoms in total. The van der Waals surface area contributed by atoms with E-state index in [4.69, 9.17) is 11.6 Å². The molecule has 0 saturated carbocycles. The highest BCUT2D eigenvalue weighted by molar-refractivity contribution is 7.90. The summed E-state index contributed by atoms with van der Waals surface area (Å²) in [6.45, 7) is 3.09. The molecule has 0 aromatic heterocycles. The summed E-state index contributed by atoms with van der Waals surface area (Å²) in [6.07, 6.45) is 1.24. The average molecular weight is 418 g/mol. The number of sulfonamides is 1. The highest BCUT2D eigenvalue weighted by Gasteiger charge is 2.34. The normalized spacial score (nSPS) is 18.5. The number of hydrogen-bond acceptors (Lipinski definition) is 4. The molecule has 8 heteroatoms. The molecule has 1 amide bonds. The molecule has 0 spiro atoms. The molecule has 2 aromatic carbocycles. The molecule has 2 heterocycles. The summed E-state index contributed by atoms with van der Waals surface area (Å²) in [6, 6.07) is 12.4. The maximum Gasteiger partial charge on any atom is 0.285 e. The first-order chi connectivity index (χ1) is 13.3. The van der Waals surface area contributed by atoms with Crippen LogP contribution in [-0.4, -0.2) is 38.2 Å². The Labute approximate surface area is 169 Å². The molecule has 0 unspecified atom stereocenters.